The van der Waals surface area contributed by atoms with E-state index in [-0.39, 0.29) is 6.54 Å². The van der Waals surface area contributed by atoms with Gasteiger partial charge in [-0.15, -0.1) is 0 Å². The number of rotatable bonds is 2. The first-order chi connectivity index (χ1) is 5.77. The van der Waals surface area contributed by atoms with Crippen LogP contribution in [-0.4, -0.2) is 11.7 Å². The Kier molecular flexibility index (Phi) is 2.81. The van der Waals surface area contributed by atoms with Gasteiger partial charge in [0.25, 0.3) is 0 Å². The van der Waals surface area contributed by atoms with Gasteiger partial charge < -0.3 is 10.8 Å². The standard InChI is InChI=1S/C9H10N2O/c10-5-7-1-3-8(4-2-7)9(12)6-11/h1-4,9,12H,6,11H2/t9-/m1/s1. The van der Waals surface area contributed by atoms with Crippen LogP contribution in [0.4, 0.5) is 0 Å². The molecule has 12 heavy (non-hydrogen) atoms. The summed E-state index contributed by atoms with van der Waals surface area (Å²) in [6, 6.07) is 8.73. The number of nitrogens with zero attached hydrogens (tertiary/aromatic N) is 1. The summed E-state index contributed by atoms with van der Waals surface area (Å²) in [5.74, 6) is 0. The molecule has 62 valence electrons. The third-order valence-electron chi connectivity index (χ3n) is 1.65. The lowest BCUT2D eigenvalue weighted by atomic mass is 10.1. The molecule has 3 N–H and O–H groups in total. The van der Waals surface area contributed by atoms with Crippen molar-refractivity contribution in [2.24, 2.45) is 5.73 Å². The van der Waals surface area contributed by atoms with Crippen LogP contribution in [0, 0.1) is 11.3 Å². The van der Waals surface area contributed by atoms with E-state index in [1.807, 2.05) is 6.07 Å². The van der Waals surface area contributed by atoms with Gasteiger partial charge >= 0.3 is 0 Å². The van der Waals surface area contributed by atoms with Gasteiger partial charge in [0, 0.05) is 6.54 Å². The SMILES string of the molecule is N#Cc1ccc([C@H](O)CN)cc1. The number of hydrogen-bond acceptors (Lipinski definition) is 3. The van der Waals surface area contributed by atoms with Gasteiger partial charge in [0.1, 0.15) is 0 Å². The second kappa shape index (κ2) is 3.86. The molecule has 0 aliphatic rings. The van der Waals surface area contributed by atoms with Crippen molar-refractivity contribution in [3.8, 4) is 6.07 Å². The van der Waals surface area contributed by atoms with Gasteiger partial charge in [-0.1, -0.05) is 12.1 Å². The van der Waals surface area contributed by atoms with Crippen molar-refractivity contribution in [1.29, 1.82) is 5.26 Å². The van der Waals surface area contributed by atoms with Crippen LogP contribution >= 0.6 is 0 Å². The average Bonchev–Trinajstić information content (AvgIpc) is 2.17. The van der Waals surface area contributed by atoms with E-state index in [4.69, 9.17) is 11.0 Å². The Morgan fingerprint density at radius 3 is 2.42 bits per heavy atom. The third-order valence-corrected chi connectivity index (χ3v) is 1.65. The number of benzene rings is 1. The molecule has 0 aromatic heterocycles. The van der Waals surface area contributed by atoms with Gasteiger partial charge in [-0.05, 0) is 17.7 Å². The smallest absolute Gasteiger partial charge is 0.0991 e. The largest absolute Gasteiger partial charge is 0.387 e. The zero-order valence-corrected chi connectivity index (χ0v) is 6.57. The molecule has 3 heteroatoms. The van der Waals surface area contributed by atoms with Crippen LogP contribution < -0.4 is 5.73 Å². The van der Waals surface area contributed by atoms with Gasteiger partial charge in [-0.2, -0.15) is 5.26 Å². The lowest BCUT2D eigenvalue weighted by molar-refractivity contribution is 0.187. The number of hydrogen-bond donors (Lipinski definition) is 2. The van der Waals surface area contributed by atoms with Crippen LogP contribution in [0.2, 0.25) is 0 Å². The molecule has 0 unspecified atom stereocenters. The van der Waals surface area contributed by atoms with Crippen molar-refractivity contribution in [1.82, 2.24) is 0 Å². The van der Waals surface area contributed by atoms with E-state index in [1.54, 1.807) is 24.3 Å². The minimum absolute atomic E-state index is 0.200. The maximum absolute atomic E-state index is 9.28. The molecule has 0 saturated heterocycles. The van der Waals surface area contributed by atoms with Crippen LogP contribution in [0.15, 0.2) is 24.3 Å². The van der Waals surface area contributed by atoms with Crippen molar-refractivity contribution in [3.05, 3.63) is 35.4 Å². The zero-order valence-electron chi connectivity index (χ0n) is 6.57. The summed E-state index contributed by atoms with van der Waals surface area (Å²) in [6.07, 6.45) is -0.627. The highest BCUT2D eigenvalue weighted by atomic mass is 16.3. The Bertz CT molecular complexity index is 286. The zero-order chi connectivity index (χ0) is 8.97. The molecule has 0 spiro atoms. The van der Waals surface area contributed by atoms with Gasteiger partial charge in [0.05, 0.1) is 17.7 Å². The molecule has 1 aromatic rings. The predicted octanol–water partition coefficient (Wildman–Crippen LogP) is 0.550. The topological polar surface area (TPSA) is 70.0 Å². The molecule has 0 bridgehead atoms. The lowest BCUT2D eigenvalue weighted by Gasteiger charge is -2.06. The monoisotopic (exact) mass is 162 g/mol. The molecule has 1 aromatic carbocycles. The highest BCUT2D eigenvalue weighted by Gasteiger charge is 2.03. The predicted molar refractivity (Wildman–Crippen MR) is 45.2 cm³/mol. The first-order valence-corrected chi connectivity index (χ1v) is 3.66. The molecule has 0 heterocycles. The third kappa shape index (κ3) is 1.82. The summed E-state index contributed by atoms with van der Waals surface area (Å²) < 4.78 is 0. The highest BCUT2D eigenvalue weighted by Crippen LogP contribution is 2.11. The molecule has 0 aliphatic heterocycles. The number of nitriles is 1. The summed E-state index contributed by atoms with van der Waals surface area (Å²) in [6.45, 7) is 0.200. The molecule has 3 nitrogen and oxygen atoms in total. The number of aliphatic hydroxyl groups excluding tert-OH is 1. The van der Waals surface area contributed by atoms with Crippen molar-refractivity contribution >= 4 is 0 Å². The quantitative estimate of drug-likeness (QED) is 0.667. The summed E-state index contributed by atoms with van der Waals surface area (Å²) in [5.41, 5.74) is 6.59. The first-order valence-electron chi connectivity index (χ1n) is 3.66. The van der Waals surface area contributed by atoms with E-state index in [9.17, 15) is 5.11 Å². The summed E-state index contributed by atoms with van der Waals surface area (Å²) in [4.78, 5) is 0. The summed E-state index contributed by atoms with van der Waals surface area (Å²) in [7, 11) is 0. The minimum Gasteiger partial charge on any atom is -0.387 e. The normalized spacial score (nSPS) is 12.1. The molecule has 1 rings (SSSR count). The lowest BCUT2D eigenvalue weighted by Crippen LogP contribution is -2.11. The van der Waals surface area contributed by atoms with Gasteiger partial charge in [0.2, 0.25) is 0 Å². The van der Waals surface area contributed by atoms with E-state index in [0.29, 0.717) is 5.56 Å². The Balaban J connectivity index is 2.86. The van der Waals surface area contributed by atoms with Crippen LogP contribution in [-0.2, 0) is 0 Å². The average molecular weight is 162 g/mol. The van der Waals surface area contributed by atoms with Crippen LogP contribution in [0.25, 0.3) is 0 Å². The Morgan fingerprint density at radius 1 is 1.42 bits per heavy atom. The van der Waals surface area contributed by atoms with E-state index in [0.717, 1.165) is 5.56 Å². The van der Waals surface area contributed by atoms with Gasteiger partial charge in [-0.25, -0.2) is 0 Å². The molecule has 0 aliphatic carbocycles. The van der Waals surface area contributed by atoms with Gasteiger partial charge in [0.15, 0.2) is 0 Å². The summed E-state index contributed by atoms with van der Waals surface area (Å²) >= 11 is 0. The molecule has 0 saturated carbocycles. The van der Waals surface area contributed by atoms with Crippen molar-refractivity contribution in [2.75, 3.05) is 6.54 Å². The van der Waals surface area contributed by atoms with E-state index >= 15 is 0 Å². The van der Waals surface area contributed by atoms with E-state index < -0.39 is 6.10 Å². The fraction of sp³-hybridized carbons (Fsp3) is 0.222. The minimum atomic E-state index is -0.627. The van der Waals surface area contributed by atoms with Crippen LogP contribution in [0.3, 0.4) is 0 Å². The van der Waals surface area contributed by atoms with E-state index in [1.165, 1.54) is 0 Å². The van der Waals surface area contributed by atoms with Crippen molar-refractivity contribution < 1.29 is 5.11 Å². The Labute approximate surface area is 71.1 Å². The maximum atomic E-state index is 9.28. The molecular weight excluding hydrogens is 152 g/mol. The van der Waals surface area contributed by atoms with Crippen molar-refractivity contribution in [3.63, 3.8) is 0 Å². The molecule has 0 radical (unpaired) electrons. The molecule has 0 fully saturated rings. The number of aliphatic hydroxyl groups is 1. The Hall–Kier alpha value is -1.37. The fourth-order valence-electron chi connectivity index (χ4n) is 0.916. The molecule has 0 amide bonds. The number of nitrogens with two attached hydrogens (primary N) is 1. The fourth-order valence-corrected chi connectivity index (χ4v) is 0.916. The second-order valence-electron chi connectivity index (χ2n) is 2.49. The Morgan fingerprint density at radius 2 is 2.00 bits per heavy atom. The molecular formula is C9H10N2O. The van der Waals surface area contributed by atoms with Crippen molar-refractivity contribution in [2.45, 2.75) is 6.10 Å². The summed E-state index contributed by atoms with van der Waals surface area (Å²) in [5, 5.41) is 17.8. The second-order valence-corrected chi connectivity index (χ2v) is 2.49. The van der Waals surface area contributed by atoms with Gasteiger partial charge in [-0.3, -0.25) is 0 Å². The van der Waals surface area contributed by atoms with Crippen LogP contribution in [0.1, 0.15) is 17.2 Å². The van der Waals surface area contributed by atoms with E-state index in [2.05, 4.69) is 0 Å². The molecule has 1 atom stereocenters. The first kappa shape index (κ1) is 8.72. The maximum Gasteiger partial charge on any atom is 0.0991 e. The van der Waals surface area contributed by atoms with Crippen LogP contribution in [0.5, 0.6) is 0 Å². The highest BCUT2D eigenvalue weighted by molar-refractivity contribution is 5.32.